The van der Waals surface area contributed by atoms with Gasteiger partial charge in [0.1, 0.15) is 0 Å². The molecule has 0 heterocycles. The van der Waals surface area contributed by atoms with Gasteiger partial charge in [0.15, 0.2) is 0 Å². The van der Waals surface area contributed by atoms with E-state index < -0.39 is 0 Å². The van der Waals surface area contributed by atoms with Crippen molar-refractivity contribution >= 4 is 0 Å². The lowest BCUT2D eigenvalue weighted by Crippen LogP contribution is -2.38. The minimum Gasteiger partial charge on any atom is -0.326 e. The number of hydrogen-bond donors (Lipinski definition) is 2. The van der Waals surface area contributed by atoms with Crippen LogP contribution in [0.3, 0.4) is 0 Å². The van der Waals surface area contributed by atoms with Crippen molar-refractivity contribution in [1.29, 1.82) is 0 Å². The molecule has 0 aromatic heterocycles. The molecule has 3 atom stereocenters. The van der Waals surface area contributed by atoms with Crippen LogP contribution in [0.4, 0.5) is 0 Å². The summed E-state index contributed by atoms with van der Waals surface area (Å²) in [5, 5.41) is 3.43. The average molecular weight is 170 g/mol. The third-order valence-corrected chi connectivity index (χ3v) is 2.92. The molecule has 0 aromatic rings. The van der Waals surface area contributed by atoms with Crippen LogP contribution in [0.2, 0.25) is 0 Å². The summed E-state index contributed by atoms with van der Waals surface area (Å²) >= 11 is 0. The summed E-state index contributed by atoms with van der Waals surface area (Å²) in [7, 11) is 0. The molecule has 0 bridgehead atoms. The zero-order chi connectivity index (χ0) is 9.14. The van der Waals surface area contributed by atoms with Crippen LogP contribution in [0.1, 0.15) is 27.2 Å². The lowest BCUT2D eigenvalue weighted by Gasteiger charge is -2.15. The van der Waals surface area contributed by atoms with Gasteiger partial charge in [-0.1, -0.05) is 20.8 Å². The van der Waals surface area contributed by atoms with E-state index in [2.05, 4.69) is 26.1 Å². The molecule has 1 saturated carbocycles. The molecule has 0 aliphatic heterocycles. The normalized spacial score (nSPS) is 30.8. The highest BCUT2D eigenvalue weighted by molar-refractivity contribution is 4.84. The third-order valence-electron chi connectivity index (χ3n) is 2.92. The summed E-state index contributed by atoms with van der Waals surface area (Å²) in [6.07, 6.45) is 1.41. The van der Waals surface area contributed by atoms with Crippen molar-refractivity contribution in [3.63, 3.8) is 0 Å². The predicted molar refractivity (Wildman–Crippen MR) is 53.0 cm³/mol. The van der Waals surface area contributed by atoms with E-state index in [1.165, 1.54) is 13.0 Å². The molecular formula is C10H22N2. The lowest BCUT2D eigenvalue weighted by molar-refractivity contribution is 0.451. The first-order chi connectivity index (χ1) is 5.61. The Morgan fingerprint density at radius 2 is 2.08 bits per heavy atom. The second kappa shape index (κ2) is 4.24. The number of nitrogens with two attached hydrogens (primary N) is 1. The standard InChI is InChI=1S/C10H22N2/c1-7(2)10(11)6-12-5-9-4-8(9)3/h7-10,12H,4-6,11H2,1-3H3. The molecule has 0 aromatic carbocycles. The highest BCUT2D eigenvalue weighted by Gasteiger charge is 2.31. The maximum Gasteiger partial charge on any atom is 0.0188 e. The molecule has 12 heavy (non-hydrogen) atoms. The summed E-state index contributed by atoms with van der Waals surface area (Å²) < 4.78 is 0. The van der Waals surface area contributed by atoms with Crippen molar-refractivity contribution < 1.29 is 0 Å². The molecule has 72 valence electrons. The van der Waals surface area contributed by atoms with Crippen LogP contribution in [0.25, 0.3) is 0 Å². The van der Waals surface area contributed by atoms with Crippen molar-refractivity contribution in [2.45, 2.75) is 33.2 Å². The first-order valence-electron chi connectivity index (χ1n) is 5.07. The van der Waals surface area contributed by atoms with Crippen LogP contribution in [-0.2, 0) is 0 Å². The van der Waals surface area contributed by atoms with Crippen molar-refractivity contribution in [3.05, 3.63) is 0 Å². The van der Waals surface area contributed by atoms with Crippen molar-refractivity contribution in [2.24, 2.45) is 23.5 Å². The van der Waals surface area contributed by atoms with E-state index in [9.17, 15) is 0 Å². The SMILES string of the molecule is CC(C)C(N)CNCC1CC1C. The maximum atomic E-state index is 5.90. The van der Waals surface area contributed by atoms with Crippen LogP contribution in [0.5, 0.6) is 0 Å². The van der Waals surface area contributed by atoms with Gasteiger partial charge in [-0.2, -0.15) is 0 Å². The van der Waals surface area contributed by atoms with Gasteiger partial charge in [-0.05, 0) is 30.7 Å². The van der Waals surface area contributed by atoms with Crippen LogP contribution < -0.4 is 11.1 Å². The molecule has 2 heteroatoms. The van der Waals surface area contributed by atoms with E-state index in [4.69, 9.17) is 5.73 Å². The molecule has 1 rings (SSSR count). The quantitative estimate of drug-likeness (QED) is 0.651. The minimum absolute atomic E-state index is 0.319. The van der Waals surface area contributed by atoms with Gasteiger partial charge in [-0.25, -0.2) is 0 Å². The second-order valence-electron chi connectivity index (χ2n) is 4.54. The largest absolute Gasteiger partial charge is 0.326 e. The molecule has 3 N–H and O–H groups in total. The Balaban J connectivity index is 1.95. The second-order valence-corrected chi connectivity index (χ2v) is 4.54. The number of hydrogen-bond acceptors (Lipinski definition) is 2. The van der Waals surface area contributed by atoms with Gasteiger partial charge < -0.3 is 11.1 Å². The van der Waals surface area contributed by atoms with Crippen LogP contribution >= 0.6 is 0 Å². The maximum absolute atomic E-state index is 5.90. The Bertz CT molecular complexity index is 134. The molecule has 2 nitrogen and oxygen atoms in total. The van der Waals surface area contributed by atoms with Gasteiger partial charge in [0.05, 0.1) is 0 Å². The minimum atomic E-state index is 0.319. The molecule has 1 aliphatic rings. The third kappa shape index (κ3) is 3.11. The Hall–Kier alpha value is -0.0800. The van der Waals surface area contributed by atoms with E-state index in [0.717, 1.165) is 18.4 Å². The summed E-state index contributed by atoms with van der Waals surface area (Å²) in [6.45, 7) is 8.80. The molecule has 0 saturated heterocycles. The first kappa shape index (κ1) is 10.0. The summed E-state index contributed by atoms with van der Waals surface area (Å²) in [5.74, 6) is 2.48. The van der Waals surface area contributed by atoms with Crippen LogP contribution in [0, 0.1) is 17.8 Å². The van der Waals surface area contributed by atoms with Gasteiger partial charge in [-0.3, -0.25) is 0 Å². The highest BCUT2D eigenvalue weighted by atomic mass is 14.9. The monoisotopic (exact) mass is 170 g/mol. The lowest BCUT2D eigenvalue weighted by atomic mass is 10.1. The Labute approximate surface area is 75.9 Å². The Morgan fingerprint density at radius 1 is 1.50 bits per heavy atom. The van der Waals surface area contributed by atoms with E-state index in [0.29, 0.717) is 12.0 Å². The van der Waals surface area contributed by atoms with Crippen LogP contribution in [0.15, 0.2) is 0 Å². The summed E-state index contributed by atoms with van der Waals surface area (Å²) in [5.41, 5.74) is 5.90. The van der Waals surface area contributed by atoms with E-state index in [1.807, 2.05) is 0 Å². The van der Waals surface area contributed by atoms with Gasteiger partial charge in [0.25, 0.3) is 0 Å². The van der Waals surface area contributed by atoms with Gasteiger partial charge >= 0.3 is 0 Å². The Morgan fingerprint density at radius 3 is 2.50 bits per heavy atom. The zero-order valence-electron chi connectivity index (χ0n) is 8.51. The molecular weight excluding hydrogens is 148 g/mol. The van der Waals surface area contributed by atoms with Crippen molar-refractivity contribution in [3.8, 4) is 0 Å². The smallest absolute Gasteiger partial charge is 0.0188 e. The fourth-order valence-electron chi connectivity index (χ4n) is 1.35. The van der Waals surface area contributed by atoms with Gasteiger partial charge in [0, 0.05) is 12.6 Å². The first-order valence-corrected chi connectivity index (χ1v) is 5.07. The topological polar surface area (TPSA) is 38.0 Å². The molecule has 1 fully saturated rings. The molecule has 0 radical (unpaired) electrons. The fourth-order valence-corrected chi connectivity index (χ4v) is 1.35. The highest BCUT2D eigenvalue weighted by Crippen LogP contribution is 2.36. The van der Waals surface area contributed by atoms with Crippen molar-refractivity contribution in [2.75, 3.05) is 13.1 Å². The van der Waals surface area contributed by atoms with E-state index >= 15 is 0 Å². The fraction of sp³-hybridized carbons (Fsp3) is 1.00. The summed E-state index contributed by atoms with van der Waals surface area (Å²) in [4.78, 5) is 0. The van der Waals surface area contributed by atoms with E-state index in [1.54, 1.807) is 0 Å². The molecule has 1 aliphatic carbocycles. The zero-order valence-corrected chi connectivity index (χ0v) is 8.51. The molecule has 0 amide bonds. The average Bonchev–Trinajstić information content (AvgIpc) is 2.66. The number of nitrogens with one attached hydrogen (secondary N) is 1. The van der Waals surface area contributed by atoms with Crippen molar-refractivity contribution in [1.82, 2.24) is 5.32 Å². The van der Waals surface area contributed by atoms with Crippen LogP contribution in [-0.4, -0.2) is 19.1 Å². The molecule has 3 unspecified atom stereocenters. The van der Waals surface area contributed by atoms with E-state index in [-0.39, 0.29) is 0 Å². The predicted octanol–water partition coefficient (Wildman–Crippen LogP) is 1.22. The molecule has 0 spiro atoms. The van der Waals surface area contributed by atoms with Gasteiger partial charge in [-0.15, -0.1) is 0 Å². The number of rotatable bonds is 5. The summed E-state index contributed by atoms with van der Waals surface area (Å²) in [6, 6.07) is 0.319. The Kier molecular flexibility index (Phi) is 3.53. The van der Waals surface area contributed by atoms with Gasteiger partial charge in [0.2, 0.25) is 0 Å².